The minimum Gasteiger partial charge on any atom is -0.496 e. The molecule has 1 aromatic carbocycles. The van der Waals surface area contributed by atoms with Gasteiger partial charge in [0.05, 0.1) is 11.6 Å². The summed E-state index contributed by atoms with van der Waals surface area (Å²) in [5.41, 5.74) is 6.82. The summed E-state index contributed by atoms with van der Waals surface area (Å²) in [6, 6.07) is 6.03. The van der Waals surface area contributed by atoms with Gasteiger partial charge in [-0.1, -0.05) is 6.42 Å². The first kappa shape index (κ1) is 15.8. The van der Waals surface area contributed by atoms with Gasteiger partial charge >= 0.3 is 0 Å². The number of ether oxygens (including phenoxy) is 1. The highest BCUT2D eigenvalue weighted by Crippen LogP contribution is 2.39. The van der Waals surface area contributed by atoms with Gasteiger partial charge in [-0.15, -0.1) is 0 Å². The smallest absolute Gasteiger partial charge is 0.251 e. The fraction of sp³-hybridized carbons (Fsp3) is 0.588. The highest BCUT2D eigenvalue weighted by molar-refractivity contribution is 9.10. The number of hydrogen-bond donors (Lipinski definition) is 2. The number of methoxy groups -OCH3 is 1. The largest absolute Gasteiger partial charge is 0.496 e. The number of carbonyl (C=O) groups is 1. The first-order chi connectivity index (χ1) is 10.6. The van der Waals surface area contributed by atoms with Crippen LogP contribution in [0, 0.1) is 11.8 Å². The molecule has 0 aromatic heterocycles. The van der Waals surface area contributed by atoms with Crippen LogP contribution >= 0.6 is 15.9 Å². The molecule has 2 atom stereocenters. The van der Waals surface area contributed by atoms with Gasteiger partial charge < -0.3 is 15.8 Å². The standard InChI is InChI=1S/C17H23BrN2O2/c1-22-15-6-5-12(9-14(15)18)17(21)20-16-10-3-2-4-11(16)8-13(19)7-10/h5-6,9-11,13,16H,2-4,7-8,19H2,1H3,(H,20,21). The van der Waals surface area contributed by atoms with Crippen molar-refractivity contribution in [3.63, 3.8) is 0 Å². The van der Waals surface area contributed by atoms with Gasteiger partial charge in [0.15, 0.2) is 0 Å². The third-order valence-corrected chi connectivity index (χ3v) is 5.71. The van der Waals surface area contributed by atoms with Gasteiger partial charge in [-0.2, -0.15) is 0 Å². The number of nitrogens with two attached hydrogens (primary N) is 1. The Bertz CT molecular complexity index is 550. The van der Waals surface area contributed by atoms with Crippen LogP contribution in [0.5, 0.6) is 5.75 Å². The Kier molecular flexibility index (Phi) is 4.73. The van der Waals surface area contributed by atoms with E-state index in [1.54, 1.807) is 7.11 Å². The normalized spacial score (nSPS) is 30.7. The molecule has 5 heteroatoms. The van der Waals surface area contributed by atoms with Crippen LogP contribution in [0.4, 0.5) is 0 Å². The van der Waals surface area contributed by atoms with Crippen molar-refractivity contribution in [2.75, 3.05) is 7.11 Å². The summed E-state index contributed by atoms with van der Waals surface area (Å²) in [5.74, 6) is 1.80. The van der Waals surface area contributed by atoms with E-state index in [0.717, 1.165) is 23.1 Å². The van der Waals surface area contributed by atoms with E-state index >= 15 is 0 Å². The van der Waals surface area contributed by atoms with E-state index in [2.05, 4.69) is 21.2 Å². The molecule has 2 aliphatic carbocycles. The lowest BCUT2D eigenvalue weighted by Crippen LogP contribution is -2.53. The van der Waals surface area contributed by atoms with Crippen LogP contribution in [0.3, 0.4) is 0 Å². The molecule has 4 nitrogen and oxygen atoms in total. The number of rotatable bonds is 3. The summed E-state index contributed by atoms with van der Waals surface area (Å²) in [6.45, 7) is 0. The molecule has 22 heavy (non-hydrogen) atoms. The van der Waals surface area contributed by atoms with E-state index in [4.69, 9.17) is 10.5 Å². The molecule has 0 spiro atoms. The monoisotopic (exact) mass is 366 g/mol. The third-order valence-electron chi connectivity index (χ3n) is 5.09. The summed E-state index contributed by atoms with van der Waals surface area (Å²) < 4.78 is 6.01. The molecule has 0 heterocycles. The van der Waals surface area contributed by atoms with Crippen molar-refractivity contribution in [3.8, 4) is 5.75 Å². The molecule has 2 unspecified atom stereocenters. The van der Waals surface area contributed by atoms with E-state index in [1.807, 2.05) is 18.2 Å². The highest BCUT2D eigenvalue weighted by Gasteiger charge is 2.39. The SMILES string of the molecule is COc1ccc(C(=O)NC2C3CCCC2CC(N)C3)cc1Br. The second-order valence-electron chi connectivity index (χ2n) is 6.53. The maximum Gasteiger partial charge on any atom is 0.251 e. The van der Waals surface area contributed by atoms with Gasteiger partial charge in [-0.25, -0.2) is 0 Å². The first-order valence-corrected chi connectivity index (χ1v) is 8.77. The van der Waals surface area contributed by atoms with Crippen molar-refractivity contribution < 1.29 is 9.53 Å². The molecule has 0 aliphatic heterocycles. The Morgan fingerprint density at radius 2 is 2.00 bits per heavy atom. The fourth-order valence-electron chi connectivity index (χ4n) is 4.07. The molecule has 2 saturated carbocycles. The van der Waals surface area contributed by atoms with Crippen molar-refractivity contribution in [2.24, 2.45) is 17.6 Å². The Balaban J connectivity index is 1.72. The summed E-state index contributed by atoms with van der Waals surface area (Å²) in [5, 5.41) is 3.27. The second kappa shape index (κ2) is 6.59. The van der Waals surface area contributed by atoms with Crippen LogP contribution in [0.1, 0.15) is 42.5 Å². The fourth-order valence-corrected chi connectivity index (χ4v) is 4.61. The zero-order valence-corrected chi connectivity index (χ0v) is 14.4. The van der Waals surface area contributed by atoms with E-state index in [0.29, 0.717) is 23.4 Å². The highest BCUT2D eigenvalue weighted by atomic mass is 79.9. The molecule has 2 bridgehead atoms. The van der Waals surface area contributed by atoms with Crippen LogP contribution < -0.4 is 15.8 Å². The minimum absolute atomic E-state index is 0.000671. The van der Waals surface area contributed by atoms with Crippen LogP contribution in [0.2, 0.25) is 0 Å². The number of carbonyl (C=O) groups excluding carboxylic acids is 1. The Morgan fingerprint density at radius 3 is 2.59 bits per heavy atom. The molecular formula is C17H23BrN2O2. The Hall–Kier alpha value is -1.07. The summed E-state index contributed by atoms with van der Waals surface area (Å²) >= 11 is 3.44. The topological polar surface area (TPSA) is 64.3 Å². The molecule has 2 fully saturated rings. The lowest BCUT2D eigenvalue weighted by molar-refractivity contribution is 0.0756. The number of benzene rings is 1. The zero-order chi connectivity index (χ0) is 15.7. The Morgan fingerprint density at radius 1 is 1.32 bits per heavy atom. The second-order valence-corrected chi connectivity index (χ2v) is 7.39. The maximum atomic E-state index is 12.6. The predicted octanol–water partition coefficient (Wildman–Crippen LogP) is 3.09. The van der Waals surface area contributed by atoms with Crippen molar-refractivity contribution in [1.82, 2.24) is 5.32 Å². The average Bonchev–Trinajstić information content (AvgIpc) is 2.48. The van der Waals surface area contributed by atoms with Gasteiger partial charge in [-0.3, -0.25) is 4.79 Å². The molecule has 120 valence electrons. The molecule has 3 rings (SSSR count). The lowest BCUT2D eigenvalue weighted by Gasteiger charge is -2.45. The van der Waals surface area contributed by atoms with Crippen molar-refractivity contribution in [3.05, 3.63) is 28.2 Å². The van der Waals surface area contributed by atoms with E-state index in [1.165, 1.54) is 19.3 Å². The van der Waals surface area contributed by atoms with Crippen LogP contribution in [-0.2, 0) is 0 Å². The van der Waals surface area contributed by atoms with Crippen LogP contribution in [0.25, 0.3) is 0 Å². The minimum atomic E-state index is 0.000671. The summed E-state index contributed by atoms with van der Waals surface area (Å²) in [6.07, 6.45) is 5.70. The first-order valence-electron chi connectivity index (χ1n) is 7.98. The van der Waals surface area contributed by atoms with E-state index in [-0.39, 0.29) is 11.9 Å². The molecule has 2 aliphatic rings. The van der Waals surface area contributed by atoms with Crippen LogP contribution in [0.15, 0.2) is 22.7 Å². The third kappa shape index (κ3) is 3.15. The average molecular weight is 367 g/mol. The number of halogens is 1. The quantitative estimate of drug-likeness (QED) is 0.863. The van der Waals surface area contributed by atoms with Gasteiger partial charge in [0.25, 0.3) is 5.91 Å². The predicted molar refractivity (Wildman–Crippen MR) is 90.0 cm³/mol. The Labute approximate surface area is 139 Å². The summed E-state index contributed by atoms with van der Waals surface area (Å²) in [7, 11) is 1.62. The van der Waals surface area contributed by atoms with Gasteiger partial charge in [-0.05, 0) is 71.6 Å². The van der Waals surface area contributed by atoms with Crippen LogP contribution in [-0.4, -0.2) is 25.1 Å². The molecule has 1 aromatic rings. The zero-order valence-electron chi connectivity index (χ0n) is 12.8. The van der Waals surface area contributed by atoms with E-state index in [9.17, 15) is 4.79 Å². The molecule has 3 N–H and O–H groups in total. The molecule has 1 amide bonds. The number of nitrogens with one attached hydrogen (secondary N) is 1. The van der Waals surface area contributed by atoms with Gasteiger partial charge in [0.1, 0.15) is 5.75 Å². The maximum absolute atomic E-state index is 12.6. The summed E-state index contributed by atoms with van der Waals surface area (Å²) in [4.78, 5) is 12.6. The molecular weight excluding hydrogens is 344 g/mol. The van der Waals surface area contributed by atoms with Gasteiger partial charge in [0.2, 0.25) is 0 Å². The number of hydrogen-bond acceptors (Lipinski definition) is 3. The lowest BCUT2D eigenvalue weighted by atomic mass is 9.67. The van der Waals surface area contributed by atoms with Gasteiger partial charge in [0, 0.05) is 17.6 Å². The number of amides is 1. The van der Waals surface area contributed by atoms with Crippen molar-refractivity contribution in [1.29, 1.82) is 0 Å². The van der Waals surface area contributed by atoms with E-state index < -0.39 is 0 Å². The van der Waals surface area contributed by atoms with Crippen molar-refractivity contribution in [2.45, 2.75) is 44.2 Å². The number of fused-ring (bicyclic) bond motifs is 2. The molecule has 0 radical (unpaired) electrons. The van der Waals surface area contributed by atoms with Crippen molar-refractivity contribution >= 4 is 21.8 Å². The molecule has 0 saturated heterocycles.